The molecule has 1 N–H and O–H groups in total. The van der Waals surface area contributed by atoms with Crippen molar-refractivity contribution in [3.05, 3.63) is 60.2 Å². The van der Waals surface area contributed by atoms with Crippen molar-refractivity contribution in [2.75, 3.05) is 25.1 Å². The SMILES string of the molecule is CC1(C)COB(c2ccc(CCCNc3ccccc3)cc2)OC1. The van der Waals surface area contributed by atoms with Gasteiger partial charge in [-0.3, -0.25) is 0 Å². The predicted molar refractivity (Wildman–Crippen MR) is 101 cm³/mol. The molecule has 0 amide bonds. The molecule has 0 atom stereocenters. The molecule has 0 unspecified atom stereocenters. The molecule has 3 nitrogen and oxygen atoms in total. The van der Waals surface area contributed by atoms with Crippen molar-refractivity contribution in [1.29, 1.82) is 0 Å². The summed E-state index contributed by atoms with van der Waals surface area (Å²) in [7, 11) is -0.216. The maximum absolute atomic E-state index is 5.83. The summed E-state index contributed by atoms with van der Waals surface area (Å²) in [4.78, 5) is 0. The normalized spacial score (nSPS) is 16.8. The van der Waals surface area contributed by atoms with E-state index in [1.165, 1.54) is 11.3 Å². The van der Waals surface area contributed by atoms with E-state index in [1.54, 1.807) is 0 Å². The number of benzene rings is 2. The van der Waals surface area contributed by atoms with Gasteiger partial charge in [-0.1, -0.05) is 56.3 Å². The van der Waals surface area contributed by atoms with Gasteiger partial charge >= 0.3 is 7.12 Å². The second-order valence-electron chi connectivity index (χ2n) is 7.26. The van der Waals surface area contributed by atoms with Gasteiger partial charge < -0.3 is 14.6 Å². The number of nitrogens with one attached hydrogen (secondary N) is 1. The fourth-order valence-electron chi connectivity index (χ4n) is 2.81. The highest BCUT2D eigenvalue weighted by Crippen LogP contribution is 2.21. The van der Waals surface area contributed by atoms with Crippen molar-refractivity contribution < 1.29 is 9.31 Å². The van der Waals surface area contributed by atoms with Crippen molar-refractivity contribution >= 4 is 18.3 Å². The van der Waals surface area contributed by atoms with Gasteiger partial charge in [-0.2, -0.15) is 0 Å². The van der Waals surface area contributed by atoms with E-state index in [9.17, 15) is 0 Å². The van der Waals surface area contributed by atoms with Crippen molar-refractivity contribution in [2.24, 2.45) is 5.41 Å². The van der Waals surface area contributed by atoms with Crippen molar-refractivity contribution in [3.63, 3.8) is 0 Å². The van der Waals surface area contributed by atoms with Gasteiger partial charge in [0, 0.05) is 30.9 Å². The second-order valence-corrected chi connectivity index (χ2v) is 7.26. The van der Waals surface area contributed by atoms with E-state index >= 15 is 0 Å². The third-order valence-electron chi connectivity index (χ3n) is 4.25. The first-order chi connectivity index (χ1) is 11.6. The molecule has 0 saturated carbocycles. The maximum atomic E-state index is 5.83. The molecule has 2 aromatic rings. The second kappa shape index (κ2) is 7.86. The molecule has 3 rings (SSSR count). The topological polar surface area (TPSA) is 30.5 Å². The van der Waals surface area contributed by atoms with E-state index in [2.05, 4.69) is 67.7 Å². The Morgan fingerprint density at radius 3 is 2.29 bits per heavy atom. The molecule has 1 heterocycles. The average Bonchev–Trinajstić information content (AvgIpc) is 2.60. The van der Waals surface area contributed by atoms with Gasteiger partial charge in [0.05, 0.1) is 0 Å². The Bertz CT molecular complexity index is 618. The molecule has 0 radical (unpaired) electrons. The molecule has 1 aliphatic heterocycles. The summed E-state index contributed by atoms with van der Waals surface area (Å²) in [5, 5.41) is 3.45. The van der Waals surface area contributed by atoms with E-state index < -0.39 is 0 Å². The van der Waals surface area contributed by atoms with Gasteiger partial charge in [0.1, 0.15) is 0 Å². The number of aryl methyl sites for hydroxylation is 1. The van der Waals surface area contributed by atoms with Crippen LogP contribution < -0.4 is 10.8 Å². The van der Waals surface area contributed by atoms with E-state index in [0.29, 0.717) is 0 Å². The van der Waals surface area contributed by atoms with Crippen LogP contribution in [0.15, 0.2) is 54.6 Å². The zero-order chi connectivity index (χ0) is 16.8. The van der Waals surface area contributed by atoms with E-state index in [1.807, 2.05) is 6.07 Å². The first-order valence-electron chi connectivity index (χ1n) is 8.73. The molecule has 0 spiro atoms. The van der Waals surface area contributed by atoms with Crippen LogP contribution in [0.4, 0.5) is 5.69 Å². The minimum absolute atomic E-state index is 0.113. The van der Waals surface area contributed by atoms with Crippen LogP contribution in [0.25, 0.3) is 0 Å². The van der Waals surface area contributed by atoms with Gasteiger partial charge in [-0.15, -0.1) is 0 Å². The Kier molecular flexibility index (Phi) is 5.59. The molecule has 2 aromatic carbocycles. The average molecular weight is 323 g/mol. The molecule has 4 heteroatoms. The smallest absolute Gasteiger partial charge is 0.407 e. The van der Waals surface area contributed by atoms with Crippen molar-refractivity contribution in [1.82, 2.24) is 0 Å². The lowest BCUT2D eigenvalue weighted by Crippen LogP contribution is -2.47. The molecule has 0 bridgehead atoms. The summed E-state index contributed by atoms with van der Waals surface area (Å²) in [6, 6.07) is 19.0. The highest BCUT2D eigenvalue weighted by molar-refractivity contribution is 6.61. The van der Waals surface area contributed by atoms with E-state index in [-0.39, 0.29) is 12.5 Å². The van der Waals surface area contributed by atoms with Crippen LogP contribution in [0.1, 0.15) is 25.8 Å². The third kappa shape index (κ3) is 4.86. The summed E-state index contributed by atoms with van der Waals surface area (Å²) in [6.07, 6.45) is 2.18. The lowest BCUT2D eigenvalue weighted by molar-refractivity contribution is 0.0343. The van der Waals surface area contributed by atoms with Crippen LogP contribution >= 0.6 is 0 Å². The van der Waals surface area contributed by atoms with Crippen LogP contribution in [-0.4, -0.2) is 26.9 Å². The van der Waals surface area contributed by atoms with E-state index in [4.69, 9.17) is 9.31 Å². The standard InChI is InChI=1S/C20H26BNO2/c1-20(2)15-23-21(24-16-20)18-12-10-17(11-13-18)7-6-14-22-19-8-4-3-5-9-19/h3-5,8-13,22H,6-7,14-16H2,1-2H3. The fourth-order valence-corrected chi connectivity index (χ4v) is 2.81. The molecular weight excluding hydrogens is 297 g/mol. The Hall–Kier alpha value is -1.78. The van der Waals surface area contributed by atoms with E-state index in [0.717, 1.165) is 38.1 Å². The zero-order valence-electron chi connectivity index (χ0n) is 14.6. The van der Waals surface area contributed by atoms with Crippen LogP contribution in [0, 0.1) is 5.41 Å². The summed E-state index contributed by atoms with van der Waals surface area (Å²) >= 11 is 0. The Labute approximate surface area is 145 Å². The third-order valence-corrected chi connectivity index (χ3v) is 4.25. The molecule has 24 heavy (non-hydrogen) atoms. The van der Waals surface area contributed by atoms with Crippen molar-refractivity contribution in [3.8, 4) is 0 Å². The van der Waals surface area contributed by atoms with Crippen molar-refractivity contribution in [2.45, 2.75) is 26.7 Å². The lowest BCUT2D eigenvalue weighted by atomic mass is 9.75. The van der Waals surface area contributed by atoms with Gasteiger partial charge in [-0.25, -0.2) is 0 Å². The van der Waals surface area contributed by atoms with Gasteiger partial charge in [0.25, 0.3) is 0 Å². The molecule has 1 fully saturated rings. The summed E-state index contributed by atoms with van der Waals surface area (Å²) in [6.45, 7) is 6.79. The molecule has 0 aromatic heterocycles. The maximum Gasteiger partial charge on any atom is 0.493 e. The minimum atomic E-state index is -0.216. The van der Waals surface area contributed by atoms with Gasteiger partial charge in [0.15, 0.2) is 0 Å². The summed E-state index contributed by atoms with van der Waals surface area (Å²) < 4.78 is 11.7. The number of para-hydroxylation sites is 1. The number of rotatable bonds is 6. The largest absolute Gasteiger partial charge is 0.493 e. The molecule has 126 valence electrons. The zero-order valence-corrected chi connectivity index (χ0v) is 14.6. The number of hydrogen-bond acceptors (Lipinski definition) is 3. The molecule has 1 saturated heterocycles. The fraction of sp³-hybridized carbons (Fsp3) is 0.400. The van der Waals surface area contributed by atoms with Crippen LogP contribution in [0.3, 0.4) is 0 Å². The summed E-state index contributed by atoms with van der Waals surface area (Å²) in [5.74, 6) is 0. The summed E-state index contributed by atoms with van der Waals surface area (Å²) in [5.41, 5.74) is 3.76. The Morgan fingerprint density at radius 2 is 1.62 bits per heavy atom. The lowest BCUT2D eigenvalue weighted by Gasteiger charge is -2.33. The number of anilines is 1. The monoisotopic (exact) mass is 323 g/mol. The Balaban J connectivity index is 1.43. The van der Waals surface area contributed by atoms with Gasteiger partial charge in [0.2, 0.25) is 0 Å². The van der Waals surface area contributed by atoms with Gasteiger partial charge in [-0.05, 0) is 36.0 Å². The first-order valence-corrected chi connectivity index (χ1v) is 8.73. The number of hydrogen-bond donors (Lipinski definition) is 1. The van der Waals surface area contributed by atoms with Crippen LogP contribution in [0.2, 0.25) is 0 Å². The quantitative estimate of drug-likeness (QED) is 0.652. The Morgan fingerprint density at radius 1 is 0.958 bits per heavy atom. The highest BCUT2D eigenvalue weighted by atomic mass is 16.6. The molecule has 0 aliphatic carbocycles. The first kappa shape index (κ1) is 17.1. The highest BCUT2D eigenvalue weighted by Gasteiger charge is 2.33. The molecular formula is C20H26BNO2. The van der Waals surface area contributed by atoms with Crippen LogP contribution in [0.5, 0.6) is 0 Å². The minimum Gasteiger partial charge on any atom is -0.407 e. The predicted octanol–water partition coefficient (Wildman–Crippen LogP) is 3.50. The molecule has 1 aliphatic rings. The van der Waals surface area contributed by atoms with Crippen LogP contribution in [-0.2, 0) is 15.7 Å².